The van der Waals surface area contributed by atoms with E-state index in [1.807, 2.05) is 89.7 Å². The van der Waals surface area contributed by atoms with Gasteiger partial charge in [0.15, 0.2) is 10.9 Å². The predicted molar refractivity (Wildman–Crippen MR) is 207 cm³/mol. The lowest BCUT2D eigenvalue weighted by Gasteiger charge is -2.45. The van der Waals surface area contributed by atoms with E-state index in [1.54, 1.807) is 20.8 Å². The highest BCUT2D eigenvalue weighted by molar-refractivity contribution is 7.98. The van der Waals surface area contributed by atoms with Gasteiger partial charge in [0.25, 0.3) is 0 Å². The smallest absolute Gasteiger partial charge is 0.357 e. The van der Waals surface area contributed by atoms with E-state index in [1.165, 1.54) is 11.8 Å². The quantitative estimate of drug-likeness (QED) is 0.0768. The molecule has 266 valence electrons. The van der Waals surface area contributed by atoms with Crippen molar-refractivity contribution in [2.45, 2.75) is 49.2 Å². The summed E-state index contributed by atoms with van der Waals surface area (Å²) in [6, 6.07) is 47.4. The third kappa shape index (κ3) is 6.28. The van der Waals surface area contributed by atoms with Crippen molar-refractivity contribution in [2.75, 3.05) is 12.9 Å². The van der Waals surface area contributed by atoms with Gasteiger partial charge in [-0.1, -0.05) is 151 Å². The Morgan fingerprint density at radius 2 is 1.26 bits per heavy atom. The maximum absolute atomic E-state index is 13.2. The van der Waals surface area contributed by atoms with Crippen LogP contribution in [0.4, 0.5) is 0 Å². The van der Waals surface area contributed by atoms with Crippen molar-refractivity contribution < 1.29 is 14.6 Å². The molecule has 6 aromatic rings. The van der Waals surface area contributed by atoms with E-state index in [0.717, 1.165) is 38.9 Å². The summed E-state index contributed by atoms with van der Waals surface area (Å²) in [5.74, 6) is -0.521. The highest BCUT2D eigenvalue weighted by atomic mass is 32.2. The van der Waals surface area contributed by atoms with Crippen LogP contribution in [0, 0.1) is 0 Å². The molecule has 10 heteroatoms. The van der Waals surface area contributed by atoms with Gasteiger partial charge < -0.3 is 14.4 Å². The topological polar surface area (TPSA) is 114 Å². The van der Waals surface area contributed by atoms with Crippen molar-refractivity contribution >= 4 is 17.7 Å². The number of carbonyl (C=O) groups is 1. The van der Waals surface area contributed by atoms with E-state index in [9.17, 15) is 9.90 Å². The third-order valence-corrected chi connectivity index (χ3v) is 10.3. The van der Waals surface area contributed by atoms with Crippen molar-refractivity contribution in [1.82, 2.24) is 9.55 Å². The van der Waals surface area contributed by atoms with Gasteiger partial charge in [0, 0.05) is 5.56 Å². The fraction of sp³-hybridized carbons (Fsp3) is 0.209. The second-order valence-corrected chi connectivity index (χ2v) is 14.1. The Morgan fingerprint density at radius 1 is 0.755 bits per heavy atom. The normalized spacial score (nSPS) is 13.7. The highest BCUT2D eigenvalue weighted by Gasteiger charge is 2.60. The van der Waals surface area contributed by atoms with Crippen LogP contribution in [-0.4, -0.2) is 33.5 Å². The Kier molecular flexibility index (Phi) is 9.92. The molecule has 1 N–H and O–H groups in total. The summed E-state index contributed by atoms with van der Waals surface area (Å²) >= 11 is 1.41. The zero-order chi connectivity index (χ0) is 37.1. The zero-order valence-corrected chi connectivity index (χ0v) is 30.9. The van der Waals surface area contributed by atoms with Gasteiger partial charge in [0.2, 0.25) is 5.66 Å². The van der Waals surface area contributed by atoms with Gasteiger partial charge in [0.05, 0.1) is 18.6 Å². The number of carbonyl (C=O) groups excluding carboxylic acids is 1. The number of nitrogens with zero attached hydrogens (tertiary/aromatic N) is 6. The summed E-state index contributed by atoms with van der Waals surface area (Å²) in [5, 5.41) is 30.0. The van der Waals surface area contributed by atoms with Crippen LogP contribution < -0.4 is 0 Å². The Bertz CT molecular complexity index is 2160. The van der Waals surface area contributed by atoms with Crippen LogP contribution in [0.15, 0.2) is 165 Å². The second kappa shape index (κ2) is 14.7. The van der Waals surface area contributed by atoms with E-state index < -0.39 is 22.6 Å². The summed E-state index contributed by atoms with van der Waals surface area (Å²) in [6.45, 7) is 5.56. The molecule has 0 spiro atoms. The van der Waals surface area contributed by atoms with Gasteiger partial charge in [-0.2, -0.15) is 0 Å². The minimum Gasteiger partial charge on any atom is -0.461 e. The van der Waals surface area contributed by atoms with Gasteiger partial charge in [0.1, 0.15) is 11.3 Å². The molecule has 0 saturated carbocycles. The molecule has 0 unspecified atom stereocenters. The maximum Gasteiger partial charge on any atom is 0.357 e. The Labute approximate surface area is 313 Å². The summed E-state index contributed by atoms with van der Waals surface area (Å²) in [6.07, 6.45) is 1.90. The zero-order valence-electron chi connectivity index (χ0n) is 30.0. The SMILES string of the molecule is CCOC(=O)c1c(C(C)(C)O)nc(SC)n1Cc1ccc(-c2ccccc2C2(C(c3ccccc3)(c3ccccc3)c3ccccc3)N=NN=N2)cc1. The molecular formula is C43H40N6O3S. The van der Waals surface area contributed by atoms with Crippen LogP contribution in [0.25, 0.3) is 11.1 Å². The molecule has 0 bridgehead atoms. The molecule has 0 amide bonds. The molecule has 1 aliphatic heterocycles. The fourth-order valence-electron chi connectivity index (χ4n) is 7.40. The van der Waals surface area contributed by atoms with Crippen LogP contribution in [0.1, 0.15) is 64.8 Å². The standard InChI is InChI=1S/C43H40N6O3S/c1-5-52-39(50)37-38(41(2,3)51)44-40(53-4)49(37)29-30-25-27-31(28-26-30)35-23-15-16-24-36(35)43(45-47-48-46-43)42(32-17-9-6-10-18-32,33-19-11-7-12-20-33)34-21-13-8-14-22-34/h6-28,51H,5,29H2,1-4H3. The Hall–Kier alpha value is -5.71. The molecule has 1 aliphatic rings. The number of benzene rings is 5. The van der Waals surface area contributed by atoms with Crippen LogP contribution in [0.2, 0.25) is 0 Å². The van der Waals surface area contributed by atoms with Crippen LogP contribution in [-0.2, 0) is 28.0 Å². The van der Waals surface area contributed by atoms with Crippen molar-refractivity contribution in [3.63, 3.8) is 0 Å². The molecule has 1 aromatic heterocycles. The molecule has 0 atom stereocenters. The predicted octanol–water partition coefficient (Wildman–Crippen LogP) is 9.74. The van der Waals surface area contributed by atoms with Gasteiger partial charge in [-0.3, -0.25) is 0 Å². The number of ether oxygens (including phenoxy) is 1. The average molecular weight is 721 g/mol. The fourth-order valence-corrected chi connectivity index (χ4v) is 7.96. The molecule has 0 aliphatic carbocycles. The van der Waals surface area contributed by atoms with Gasteiger partial charge in [-0.25, -0.2) is 9.78 Å². The van der Waals surface area contributed by atoms with E-state index in [4.69, 9.17) is 15.0 Å². The van der Waals surface area contributed by atoms with E-state index in [2.05, 4.69) is 76.1 Å². The first-order valence-corrected chi connectivity index (χ1v) is 18.7. The molecule has 2 heterocycles. The number of aliphatic hydroxyl groups is 1. The largest absolute Gasteiger partial charge is 0.461 e. The van der Waals surface area contributed by atoms with Gasteiger partial charge >= 0.3 is 5.97 Å². The van der Waals surface area contributed by atoms with Gasteiger partial charge in [-0.05, 0) is 70.9 Å². The highest BCUT2D eigenvalue weighted by Crippen LogP contribution is 2.58. The summed E-state index contributed by atoms with van der Waals surface area (Å²) < 4.78 is 7.24. The third-order valence-electron chi connectivity index (χ3n) is 9.63. The first kappa shape index (κ1) is 35.7. The molecule has 0 fully saturated rings. The molecule has 0 saturated heterocycles. The maximum atomic E-state index is 13.2. The van der Waals surface area contributed by atoms with E-state index in [-0.39, 0.29) is 18.0 Å². The van der Waals surface area contributed by atoms with Gasteiger partial charge in [-0.15, -0.1) is 10.2 Å². The number of rotatable bonds is 12. The first-order valence-electron chi connectivity index (χ1n) is 17.5. The van der Waals surface area contributed by atoms with Crippen LogP contribution in [0.5, 0.6) is 0 Å². The number of hydrogen-bond donors (Lipinski definition) is 1. The number of thioether (sulfide) groups is 1. The van der Waals surface area contributed by atoms with Crippen molar-refractivity contribution in [3.8, 4) is 11.1 Å². The first-order chi connectivity index (χ1) is 25.7. The average Bonchev–Trinajstić information content (AvgIpc) is 3.84. The number of hydrogen-bond acceptors (Lipinski definition) is 9. The minimum absolute atomic E-state index is 0.207. The van der Waals surface area contributed by atoms with E-state index in [0.29, 0.717) is 11.7 Å². The van der Waals surface area contributed by atoms with Crippen LogP contribution >= 0.6 is 11.8 Å². The molecule has 0 radical (unpaired) electrons. The van der Waals surface area contributed by atoms with Crippen LogP contribution in [0.3, 0.4) is 0 Å². The second-order valence-electron chi connectivity index (χ2n) is 13.3. The van der Waals surface area contributed by atoms with E-state index >= 15 is 0 Å². The molecular weight excluding hydrogens is 681 g/mol. The Balaban J connectivity index is 1.38. The molecule has 9 nitrogen and oxygen atoms in total. The summed E-state index contributed by atoms with van der Waals surface area (Å²) in [5.41, 5.74) is 3.54. The summed E-state index contributed by atoms with van der Waals surface area (Å²) in [7, 11) is 0. The summed E-state index contributed by atoms with van der Waals surface area (Å²) in [4.78, 5) is 17.9. The number of imidazole rings is 1. The monoisotopic (exact) mass is 720 g/mol. The lowest BCUT2D eigenvalue weighted by atomic mass is 9.59. The molecule has 7 rings (SSSR count). The molecule has 53 heavy (non-hydrogen) atoms. The lowest BCUT2D eigenvalue weighted by Crippen LogP contribution is -2.48. The van der Waals surface area contributed by atoms with Crippen molar-refractivity contribution in [3.05, 3.63) is 179 Å². The van der Waals surface area contributed by atoms with Crippen molar-refractivity contribution in [2.24, 2.45) is 20.7 Å². The number of aromatic nitrogens is 2. The molecule has 5 aromatic carbocycles. The van der Waals surface area contributed by atoms with Crippen molar-refractivity contribution in [1.29, 1.82) is 0 Å². The Morgan fingerprint density at radius 3 is 1.75 bits per heavy atom. The number of esters is 1. The minimum atomic E-state index is -1.34. The lowest BCUT2D eigenvalue weighted by molar-refractivity contribution is 0.0469.